The zero-order valence-electron chi connectivity index (χ0n) is 21.7. The first-order valence-electron chi connectivity index (χ1n) is 11.9. The molecular formula is C25H32F2N3O7P. The quantitative estimate of drug-likeness (QED) is 0.380. The van der Waals surface area contributed by atoms with Crippen LogP contribution >= 0.6 is 7.37 Å². The average molecular weight is 556 g/mol. The van der Waals surface area contributed by atoms with Crippen LogP contribution in [0.1, 0.15) is 39.8 Å². The van der Waals surface area contributed by atoms with Crippen LogP contribution in [0.2, 0.25) is 0 Å². The number of fused-ring (bicyclic) bond motifs is 1. The number of hydrogen-bond donors (Lipinski definition) is 3. The van der Waals surface area contributed by atoms with Crippen LogP contribution in [0.25, 0.3) is 0 Å². The fourth-order valence-corrected chi connectivity index (χ4v) is 5.34. The molecule has 0 fully saturated rings. The van der Waals surface area contributed by atoms with Gasteiger partial charge in [-0.1, -0.05) is 13.0 Å². The Morgan fingerprint density at radius 3 is 2.63 bits per heavy atom. The van der Waals surface area contributed by atoms with Gasteiger partial charge >= 0.3 is 0 Å². The molecule has 2 aromatic rings. The molecule has 3 rings (SSSR count). The van der Waals surface area contributed by atoms with E-state index in [0.717, 1.165) is 12.1 Å². The Hall–Kier alpha value is -2.92. The van der Waals surface area contributed by atoms with Gasteiger partial charge in [0.1, 0.15) is 22.9 Å². The maximum absolute atomic E-state index is 13.9. The van der Waals surface area contributed by atoms with Crippen molar-refractivity contribution in [2.24, 2.45) is 5.41 Å². The van der Waals surface area contributed by atoms with Crippen LogP contribution < -0.4 is 10.7 Å². The van der Waals surface area contributed by atoms with Crippen molar-refractivity contribution in [2.75, 3.05) is 40.1 Å². The lowest BCUT2D eigenvalue weighted by Gasteiger charge is -2.46. The molecule has 13 heteroatoms. The highest BCUT2D eigenvalue weighted by molar-refractivity contribution is 7.57. The van der Waals surface area contributed by atoms with E-state index in [2.05, 4.69) is 5.32 Å². The maximum atomic E-state index is 13.9. The molecule has 0 aliphatic carbocycles. The second kappa shape index (κ2) is 11.4. The number of carbonyl (C=O) groups excluding carboxylic acids is 2. The largest absolute Gasteiger partial charge is 0.503 e. The van der Waals surface area contributed by atoms with E-state index < -0.39 is 58.9 Å². The molecule has 208 valence electrons. The fourth-order valence-electron chi connectivity index (χ4n) is 4.66. The van der Waals surface area contributed by atoms with Crippen molar-refractivity contribution in [2.45, 2.75) is 32.5 Å². The number of methoxy groups -OCH3 is 1. The Labute approximate surface area is 218 Å². The summed E-state index contributed by atoms with van der Waals surface area (Å²) in [4.78, 5) is 51.0. The Balaban J connectivity index is 1.97. The predicted molar refractivity (Wildman–Crippen MR) is 136 cm³/mol. The lowest BCUT2D eigenvalue weighted by Crippen LogP contribution is -2.56. The normalized spacial score (nSPS) is 20.7. The Morgan fingerprint density at radius 1 is 1.34 bits per heavy atom. The minimum atomic E-state index is -3.33. The van der Waals surface area contributed by atoms with Gasteiger partial charge in [0.25, 0.3) is 5.91 Å². The van der Waals surface area contributed by atoms with Crippen LogP contribution in [0.4, 0.5) is 8.78 Å². The third kappa shape index (κ3) is 6.20. The van der Waals surface area contributed by atoms with Crippen LogP contribution in [0.5, 0.6) is 5.75 Å². The smallest absolute Gasteiger partial charge is 0.257 e. The van der Waals surface area contributed by atoms with Gasteiger partial charge in [-0.3, -0.25) is 18.9 Å². The van der Waals surface area contributed by atoms with Gasteiger partial charge in [0.05, 0.1) is 5.41 Å². The summed E-state index contributed by atoms with van der Waals surface area (Å²) in [5.74, 6) is -3.98. The molecule has 0 saturated heterocycles. The number of Topliss-reactive ketones (excluding diaryl/α,β-unsaturated/α-hetero) is 1. The number of hydrogen-bond acceptors (Lipinski definition) is 7. The SMILES string of the molecule is COCCC1(C)C(=O)c2c(O)c(=O)c(C(=O)NCc3ccc(F)cc3F)cn2CC1N(C)CCP(C)(=O)O. The van der Waals surface area contributed by atoms with Gasteiger partial charge in [0, 0.05) is 70.0 Å². The molecule has 1 aromatic heterocycles. The summed E-state index contributed by atoms with van der Waals surface area (Å²) >= 11 is 0. The van der Waals surface area contributed by atoms with E-state index in [-0.39, 0.29) is 50.1 Å². The van der Waals surface area contributed by atoms with E-state index in [1.54, 1.807) is 18.9 Å². The molecule has 0 bridgehead atoms. The highest BCUT2D eigenvalue weighted by Gasteiger charge is 2.49. The molecule has 0 saturated carbocycles. The minimum absolute atomic E-state index is 0.00935. The Kier molecular flexibility index (Phi) is 8.93. The van der Waals surface area contributed by atoms with Crippen molar-refractivity contribution in [1.29, 1.82) is 0 Å². The van der Waals surface area contributed by atoms with E-state index in [0.29, 0.717) is 6.07 Å². The number of nitrogens with zero attached hydrogens (tertiary/aromatic N) is 2. The number of carbonyl (C=O) groups is 2. The summed E-state index contributed by atoms with van der Waals surface area (Å²) in [6.07, 6.45) is 1.41. The number of rotatable bonds is 10. The van der Waals surface area contributed by atoms with Crippen molar-refractivity contribution in [1.82, 2.24) is 14.8 Å². The topological polar surface area (TPSA) is 138 Å². The fraction of sp³-hybridized carbons (Fsp3) is 0.480. The lowest BCUT2D eigenvalue weighted by atomic mass is 9.71. The van der Waals surface area contributed by atoms with Crippen molar-refractivity contribution >= 4 is 19.1 Å². The molecule has 3 unspecified atom stereocenters. The van der Waals surface area contributed by atoms with Crippen LogP contribution in [0.3, 0.4) is 0 Å². The van der Waals surface area contributed by atoms with Gasteiger partial charge in [0.2, 0.25) is 5.43 Å². The van der Waals surface area contributed by atoms with Crippen LogP contribution in [0, 0.1) is 17.0 Å². The highest BCUT2D eigenvalue weighted by Crippen LogP contribution is 2.41. The molecule has 38 heavy (non-hydrogen) atoms. The predicted octanol–water partition coefficient (Wildman–Crippen LogP) is 2.20. The zero-order chi connectivity index (χ0) is 28.4. The van der Waals surface area contributed by atoms with Crippen molar-refractivity contribution in [3.63, 3.8) is 0 Å². The number of benzene rings is 1. The lowest BCUT2D eigenvalue weighted by molar-refractivity contribution is 0.0295. The number of aromatic hydroxyl groups is 1. The second-order valence-electron chi connectivity index (χ2n) is 9.90. The first kappa shape index (κ1) is 29.6. The zero-order valence-corrected chi connectivity index (χ0v) is 22.6. The highest BCUT2D eigenvalue weighted by atomic mass is 31.2. The third-order valence-corrected chi connectivity index (χ3v) is 8.05. The van der Waals surface area contributed by atoms with Crippen molar-refractivity contribution in [3.05, 3.63) is 63.1 Å². The first-order valence-corrected chi connectivity index (χ1v) is 14.2. The van der Waals surface area contributed by atoms with Crippen LogP contribution in [0.15, 0.2) is 29.2 Å². The number of nitrogens with one attached hydrogen (secondary N) is 1. The van der Waals surface area contributed by atoms with Crippen LogP contribution in [-0.2, 0) is 22.4 Å². The van der Waals surface area contributed by atoms with E-state index in [1.165, 1.54) is 24.5 Å². The molecule has 1 aromatic carbocycles. The van der Waals surface area contributed by atoms with Gasteiger partial charge < -0.3 is 29.5 Å². The number of amides is 1. The summed E-state index contributed by atoms with van der Waals surface area (Å²) in [7, 11) is -0.145. The van der Waals surface area contributed by atoms with Gasteiger partial charge in [-0.15, -0.1) is 0 Å². The number of likely N-dealkylation sites (N-methyl/N-ethyl adjacent to an activating group) is 1. The molecule has 0 spiro atoms. The van der Waals surface area contributed by atoms with E-state index >= 15 is 0 Å². The van der Waals surface area contributed by atoms with Gasteiger partial charge in [-0.25, -0.2) is 8.78 Å². The van der Waals surface area contributed by atoms with Crippen LogP contribution in [-0.4, -0.2) is 77.3 Å². The Bertz CT molecular complexity index is 1340. The summed E-state index contributed by atoms with van der Waals surface area (Å²) in [5.41, 5.74) is -2.90. The number of aromatic nitrogens is 1. The van der Waals surface area contributed by atoms with E-state index in [1.807, 2.05) is 0 Å². The summed E-state index contributed by atoms with van der Waals surface area (Å²) in [6, 6.07) is 2.32. The molecule has 3 atom stereocenters. The van der Waals surface area contributed by atoms with Crippen molar-refractivity contribution in [3.8, 4) is 5.75 Å². The number of ether oxygens (including phenoxy) is 1. The summed E-state index contributed by atoms with van der Waals surface area (Å²) < 4.78 is 45.5. The second-order valence-corrected chi connectivity index (χ2v) is 12.4. The first-order chi connectivity index (χ1) is 17.7. The minimum Gasteiger partial charge on any atom is -0.503 e. The molecule has 1 amide bonds. The standard InChI is InChI=1S/C25H32F2N3O7P/c1-25(7-9-37-3)19(29(2)8-10-38(4,35)36)14-30-13-17(21(31)22(32)20(30)23(25)33)24(34)28-12-15-5-6-16(26)11-18(15)27/h5-6,11,13,19,32H,7-10,12,14H2,1-4H3,(H,28,34)(H,35,36). The number of ketones is 1. The number of pyridine rings is 1. The van der Waals surface area contributed by atoms with Gasteiger partial charge in [0.15, 0.2) is 18.9 Å². The maximum Gasteiger partial charge on any atom is 0.257 e. The van der Waals surface area contributed by atoms with Gasteiger partial charge in [-0.05, 0) is 19.5 Å². The molecule has 1 aliphatic rings. The molecular weight excluding hydrogens is 523 g/mol. The molecule has 0 radical (unpaired) electrons. The summed E-state index contributed by atoms with van der Waals surface area (Å²) in [6.45, 7) is 3.08. The van der Waals surface area contributed by atoms with E-state index in [4.69, 9.17) is 4.74 Å². The molecule has 10 nitrogen and oxygen atoms in total. The van der Waals surface area contributed by atoms with Gasteiger partial charge in [-0.2, -0.15) is 0 Å². The average Bonchev–Trinajstić information content (AvgIpc) is 2.84. The number of halogens is 2. The van der Waals surface area contributed by atoms with Crippen molar-refractivity contribution < 1.29 is 37.7 Å². The third-order valence-electron chi connectivity index (χ3n) is 7.02. The summed E-state index contributed by atoms with van der Waals surface area (Å²) in [5, 5.41) is 13.1. The molecule has 1 aliphatic heterocycles. The van der Waals surface area contributed by atoms with E-state index in [9.17, 15) is 37.7 Å². The molecule has 2 heterocycles. The monoisotopic (exact) mass is 555 g/mol. The Morgan fingerprint density at radius 2 is 2.03 bits per heavy atom. The molecule has 3 N–H and O–H groups in total.